The summed E-state index contributed by atoms with van der Waals surface area (Å²) in [5.74, 6) is -1.40. The van der Waals surface area contributed by atoms with Crippen molar-refractivity contribution in [1.82, 2.24) is 0 Å². The second-order valence-corrected chi connectivity index (χ2v) is 3.21. The molecule has 0 aliphatic carbocycles. The Morgan fingerprint density at radius 1 is 1.29 bits per heavy atom. The maximum Gasteiger partial charge on any atom is 0.509 e. The third-order valence-electron chi connectivity index (χ3n) is 1.57. The smallest absolute Gasteiger partial charge is 0.478 e. The standard InChI is InChI=1S/C7H5BF3O2S/c9-8(10,11)5-1-4(7(12)13)2-6(14)3-5/h1-3,14H,(H,12,13)/q-1. The largest absolute Gasteiger partial charge is 0.509 e. The van der Waals surface area contributed by atoms with Crippen LogP contribution in [0, 0.1) is 0 Å². The molecular weight excluding hydrogens is 216 g/mol. The summed E-state index contributed by atoms with van der Waals surface area (Å²) in [7, 11) is 0. The van der Waals surface area contributed by atoms with Crippen molar-refractivity contribution in [3.63, 3.8) is 0 Å². The summed E-state index contributed by atoms with van der Waals surface area (Å²) in [5, 5.41) is 8.51. The van der Waals surface area contributed by atoms with Gasteiger partial charge in [-0.3, -0.25) is 0 Å². The summed E-state index contributed by atoms with van der Waals surface area (Å²) in [6.45, 7) is -5.18. The maximum atomic E-state index is 12.2. The van der Waals surface area contributed by atoms with Gasteiger partial charge in [0, 0.05) is 4.90 Å². The highest BCUT2D eigenvalue weighted by molar-refractivity contribution is 7.80. The fourth-order valence-electron chi connectivity index (χ4n) is 0.947. The van der Waals surface area contributed by atoms with Gasteiger partial charge in [-0.25, -0.2) is 4.79 Å². The van der Waals surface area contributed by atoms with E-state index < -0.39 is 24.0 Å². The Kier molecular flexibility index (Phi) is 2.80. The van der Waals surface area contributed by atoms with Crippen LogP contribution in [0.15, 0.2) is 23.1 Å². The average Bonchev–Trinajstić information content (AvgIpc) is 2.01. The average molecular weight is 221 g/mol. The van der Waals surface area contributed by atoms with Crippen LogP contribution in [-0.2, 0) is 0 Å². The molecule has 0 spiro atoms. The molecule has 0 amide bonds. The molecule has 0 saturated carbocycles. The molecule has 0 saturated heterocycles. The van der Waals surface area contributed by atoms with Gasteiger partial charge in [0.2, 0.25) is 0 Å². The first-order chi connectivity index (χ1) is 6.30. The van der Waals surface area contributed by atoms with Crippen molar-refractivity contribution in [3.8, 4) is 0 Å². The molecule has 1 N–H and O–H groups in total. The zero-order valence-corrected chi connectivity index (χ0v) is 7.64. The quantitative estimate of drug-likeness (QED) is 0.589. The Morgan fingerprint density at radius 2 is 1.86 bits per heavy atom. The van der Waals surface area contributed by atoms with E-state index in [-0.39, 0.29) is 4.90 Å². The minimum absolute atomic E-state index is 0.0147. The van der Waals surface area contributed by atoms with Crippen molar-refractivity contribution < 1.29 is 22.8 Å². The van der Waals surface area contributed by atoms with E-state index in [2.05, 4.69) is 12.6 Å². The van der Waals surface area contributed by atoms with Crippen LogP contribution < -0.4 is 5.46 Å². The minimum atomic E-state index is -5.18. The molecule has 0 aliphatic rings. The number of carbonyl (C=O) groups is 1. The zero-order chi connectivity index (χ0) is 10.9. The van der Waals surface area contributed by atoms with E-state index >= 15 is 0 Å². The van der Waals surface area contributed by atoms with Crippen molar-refractivity contribution in [2.45, 2.75) is 4.90 Å². The third-order valence-corrected chi connectivity index (χ3v) is 1.82. The maximum absolute atomic E-state index is 12.2. The monoisotopic (exact) mass is 221 g/mol. The van der Waals surface area contributed by atoms with Gasteiger partial charge < -0.3 is 18.1 Å². The molecule has 1 aromatic rings. The lowest BCUT2D eigenvalue weighted by Crippen LogP contribution is -2.34. The summed E-state index contributed by atoms with van der Waals surface area (Å²) in [6, 6.07) is 2.47. The number of carboxylic acids is 1. The minimum Gasteiger partial charge on any atom is -0.478 e. The van der Waals surface area contributed by atoms with E-state index in [1.54, 1.807) is 0 Å². The van der Waals surface area contributed by atoms with E-state index in [1.807, 2.05) is 0 Å². The highest BCUT2D eigenvalue weighted by atomic mass is 32.1. The molecule has 0 radical (unpaired) electrons. The molecule has 0 heterocycles. The van der Waals surface area contributed by atoms with Gasteiger partial charge in [-0.1, -0.05) is 12.1 Å². The number of carboxylic acid groups (broad SMARTS) is 1. The van der Waals surface area contributed by atoms with Crippen LogP contribution in [0.25, 0.3) is 0 Å². The van der Waals surface area contributed by atoms with Crippen molar-refractivity contribution in [1.29, 1.82) is 0 Å². The molecule has 7 heteroatoms. The Hall–Kier alpha value is -1.11. The molecule has 2 nitrogen and oxygen atoms in total. The third kappa shape index (κ3) is 2.44. The number of aromatic carboxylic acids is 1. The lowest BCUT2D eigenvalue weighted by Gasteiger charge is -2.15. The topological polar surface area (TPSA) is 37.3 Å². The van der Waals surface area contributed by atoms with Crippen LogP contribution in [0.4, 0.5) is 12.9 Å². The SMILES string of the molecule is O=C(O)c1cc(S)cc([B-](F)(F)F)c1. The van der Waals surface area contributed by atoms with Crippen LogP contribution in [0.3, 0.4) is 0 Å². The predicted molar refractivity (Wildman–Crippen MR) is 49.4 cm³/mol. The molecule has 0 aromatic heterocycles. The molecule has 1 aromatic carbocycles. The summed E-state index contributed by atoms with van der Waals surface area (Å²) < 4.78 is 36.7. The van der Waals surface area contributed by atoms with Gasteiger partial charge in [0.15, 0.2) is 0 Å². The van der Waals surface area contributed by atoms with Gasteiger partial charge >= 0.3 is 12.9 Å². The Labute approximate surface area is 83.2 Å². The Morgan fingerprint density at radius 3 is 2.29 bits per heavy atom. The van der Waals surface area contributed by atoms with Crippen molar-refractivity contribution in [3.05, 3.63) is 23.8 Å². The van der Waals surface area contributed by atoms with Crippen LogP contribution in [0.5, 0.6) is 0 Å². The first kappa shape index (κ1) is 11.0. The molecule has 76 valence electrons. The molecule has 0 bridgehead atoms. The Balaban J connectivity index is 3.28. The van der Waals surface area contributed by atoms with Gasteiger partial charge in [0.25, 0.3) is 0 Å². The van der Waals surface area contributed by atoms with Crippen molar-refractivity contribution in [2.24, 2.45) is 0 Å². The number of benzene rings is 1. The number of halogens is 3. The van der Waals surface area contributed by atoms with E-state index in [1.165, 1.54) is 0 Å². The summed E-state index contributed by atoms with van der Waals surface area (Å²) in [6.07, 6.45) is 0. The molecule has 0 unspecified atom stereocenters. The molecular formula is C7H5BF3O2S-. The molecule has 0 atom stereocenters. The first-order valence-electron chi connectivity index (χ1n) is 3.58. The molecule has 0 fully saturated rings. The normalized spacial score (nSPS) is 11.4. The summed E-state index contributed by atoms with van der Waals surface area (Å²) in [4.78, 5) is 10.4. The van der Waals surface area contributed by atoms with Crippen LogP contribution in [0.2, 0.25) is 0 Å². The fraction of sp³-hybridized carbons (Fsp3) is 0. The number of rotatable bonds is 2. The van der Waals surface area contributed by atoms with Gasteiger partial charge in [-0.15, -0.1) is 18.1 Å². The van der Waals surface area contributed by atoms with E-state index in [0.29, 0.717) is 6.07 Å². The first-order valence-corrected chi connectivity index (χ1v) is 4.02. The molecule has 14 heavy (non-hydrogen) atoms. The van der Waals surface area contributed by atoms with Gasteiger partial charge in [0.1, 0.15) is 0 Å². The lowest BCUT2D eigenvalue weighted by molar-refractivity contribution is 0.0696. The number of hydrogen-bond acceptors (Lipinski definition) is 2. The number of thiol groups is 1. The summed E-state index contributed by atoms with van der Waals surface area (Å²) in [5.41, 5.74) is -1.36. The predicted octanol–water partition coefficient (Wildman–Crippen LogP) is 1.73. The molecule has 1 rings (SSSR count). The van der Waals surface area contributed by atoms with Gasteiger partial charge in [-0.05, 0) is 6.07 Å². The van der Waals surface area contributed by atoms with Crippen LogP contribution in [0.1, 0.15) is 10.4 Å². The van der Waals surface area contributed by atoms with Gasteiger partial charge in [-0.2, -0.15) is 0 Å². The molecule has 0 aliphatic heterocycles. The van der Waals surface area contributed by atoms with Crippen LogP contribution >= 0.6 is 12.6 Å². The van der Waals surface area contributed by atoms with Crippen LogP contribution in [-0.4, -0.2) is 18.1 Å². The summed E-state index contributed by atoms with van der Waals surface area (Å²) >= 11 is 3.70. The highest BCUT2D eigenvalue weighted by Gasteiger charge is 2.26. The van der Waals surface area contributed by atoms with E-state index in [0.717, 1.165) is 12.1 Å². The van der Waals surface area contributed by atoms with E-state index in [9.17, 15) is 17.7 Å². The lowest BCUT2D eigenvalue weighted by atomic mass is 9.79. The fourth-order valence-corrected chi connectivity index (χ4v) is 1.24. The van der Waals surface area contributed by atoms with E-state index in [4.69, 9.17) is 5.11 Å². The zero-order valence-electron chi connectivity index (χ0n) is 6.75. The second kappa shape index (κ2) is 3.57. The second-order valence-electron chi connectivity index (χ2n) is 2.69. The number of hydrogen-bond donors (Lipinski definition) is 2. The van der Waals surface area contributed by atoms with Crippen molar-refractivity contribution >= 4 is 31.0 Å². The van der Waals surface area contributed by atoms with Gasteiger partial charge in [0.05, 0.1) is 5.56 Å². The Bertz CT molecular complexity index is 378. The highest BCUT2D eigenvalue weighted by Crippen LogP contribution is 2.14. The van der Waals surface area contributed by atoms with Crippen molar-refractivity contribution in [2.75, 3.05) is 0 Å².